The van der Waals surface area contributed by atoms with E-state index in [1.165, 1.54) is 12.1 Å². The minimum atomic E-state index is -0.328. The summed E-state index contributed by atoms with van der Waals surface area (Å²) in [5, 5.41) is 3.20. The van der Waals surface area contributed by atoms with E-state index in [9.17, 15) is 4.39 Å². The number of hydrogen-bond acceptors (Lipinski definition) is 3. The van der Waals surface area contributed by atoms with Gasteiger partial charge in [-0.2, -0.15) is 0 Å². The molecule has 20 heavy (non-hydrogen) atoms. The molecule has 0 radical (unpaired) electrons. The number of rotatable bonds is 6. The number of halogens is 2. The molecule has 0 saturated heterocycles. The molecule has 2 aromatic rings. The van der Waals surface area contributed by atoms with Crippen LogP contribution in [0.2, 0.25) is 0 Å². The quantitative estimate of drug-likeness (QED) is 0.855. The van der Waals surface area contributed by atoms with Crippen LogP contribution >= 0.6 is 15.9 Å². The van der Waals surface area contributed by atoms with Crippen molar-refractivity contribution in [3.8, 4) is 5.75 Å². The first-order valence-electron chi connectivity index (χ1n) is 6.46. The van der Waals surface area contributed by atoms with Crippen LogP contribution in [0, 0.1) is 12.7 Å². The molecule has 0 unspecified atom stereocenters. The molecular weight excluding hydrogens is 325 g/mol. The molecule has 0 aliphatic carbocycles. The maximum atomic E-state index is 13.2. The van der Waals surface area contributed by atoms with Gasteiger partial charge in [0.2, 0.25) is 0 Å². The summed E-state index contributed by atoms with van der Waals surface area (Å²) < 4.78 is 25.1. The summed E-state index contributed by atoms with van der Waals surface area (Å²) in [6.45, 7) is 5.89. The van der Waals surface area contributed by atoms with Crippen molar-refractivity contribution >= 4 is 15.9 Å². The molecule has 0 atom stereocenters. The molecule has 0 amide bonds. The summed E-state index contributed by atoms with van der Waals surface area (Å²) in [7, 11) is 0. The van der Waals surface area contributed by atoms with Crippen molar-refractivity contribution in [2.45, 2.75) is 27.0 Å². The first kappa shape index (κ1) is 15.1. The van der Waals surface area contributed by atoms with Crippen molar-refractivity contribution < 1.29 is 13.5 Å². The smallest absolute Gasteiger partial charge is 0.128 e. The average molecular weight is 342 g/mol. The average Bonchev–Trinajstić information content (AvgIpc) is 2.73. The highest BCUT2D eigenvalue weighted by Crippen LogP contribution is 2.23. The Morgan fingerprint density at radius 2 is 2.10 bits per heavy atom. The second-order valence-corrected chi connectivity index (χ2v) is 5.38. The summed E-state index contributed by atoms with van der Waals surface area (Å²) in [5.74, 6) is 1.87. The van der Waals surface area contributed by atoms with Crippen molar-refractivity contribution in [3.63, 3.8) is 0 Å². The molecule has 0 aliphatic heterocycles. The Kier molecular flexibility index (Phi) is 5.20. The van der Waals surface area contributed by atoms with Crippen molar-refractivity contribution in [3.05, 3.63) is 51.6 Å². The van der Waals surface area contributed by atoms with Gasteiger partial charge in [0.25, 0.3) is 0 Å². The lowest BCUT2D eigenvalue weighted by Gasteiger charge is -2.06. The third kappa shape index (κ3) is 4.08. The van der Waals surface area contributed by atoms with Crippen molar-refractivity contribution in [1.29, 1.82) is 0 Å². The largest absolute Gasteiger partial charge is 0.489 e. The molecule has 2 rings (SSSR count). The number of ether oxygens (including phenoxy) is 1. The zero-order valence-electron chi connectivity index (χ0n) is 11.5. The molecule has 0 spiro atoms. The van der Waals surface area contributed by atoms with Gasteiger partial charge in [0.05, 0.1) is 6.54 Å². The monoisotopic (exact) mass is 341 g/mol. The Morgan fingerprint density at radius 3 is 2.80 bits per heavy atom. The van der Waals surface area contributed by atoms with Gasteiger partial charge in [-0.05, 0) is 31.7 Å². The highest BCUT2D eigenvalue weighted by Gasteiger charge is 2.08. The predicted molar refractivity (Wildman–Crippen MR) is 79.3 cm³/mol. The van der Waals surface area contributed by atoms with Crippen molar-refractivity contribution in [2.75, 3.05) is 6.54 Å². The maximum Gasteiger partial charge on any atom is 0.128 e. The van der Waals surface area contributed by atoms with E-state index in [1.807, 2.05) is 19.9 Å². The third-order valence-corrected chi connectivity index (χ3v) is 3.31. The second kappa shape index (κ2) is 6.90. The Bertz CT molecular complexity index is 563. The molecule has 0 fully saturated rings. The van der Waals surface area contributed by atoms with E-state index >= 15 is 0 Å². The van der Waals surface area contributed by atoms with Crippen LogP contribution in [0.25, 0.3) is 0 Å². The molecule has 1 heterocycles. The van der Waals surface area contributed by atoms with Gasteiger partial charge in [0, 0.05) is 16.1 Å². The molecule has 0 aliphatic rings. The second-order valence-electron chi connectivity index (χ2n) is 4.47. The van der Waals surface area contributed by atoms with Gasteiger partial charge in [0.1, 0.15) is 29.7 Å². The molecule has 1 N–H and O–H groups in total. The molecule has 1 aromatic heterocycles. The van der Waals surface area contributed by atoms with Crippen LogP contribution in [0.1, 0.15) is 24.0 Å². The predicted octanol–water partition coefficient (Wildman–Crippen LogP) is 4.18. The van der Waals surface area contributed by atoms with Crippen LogP contribution in [0.5, 0.6) is 5.75 Å². The Hall–Kier alpha value is -1.33. The zero-order chi connectivity index (χ0) is 14.5. The zero-order valence-corrected chi connectivity index (χ0v) is 13.1. The highest BCUT2D eigenvalue weighted by molar-refractivity contribution is 9.10. The van der Waals surface area contributed by atoms with Crippen molar-refractivity contribution in [1.82, 2.24) is 5.32 Å². The van der Waals surface area contributed by atoms with Crippen LogP contribution < -0.4 is 10.1 Å². The third-order valence-electron chi connectivity index (χ3n) is 2.85. The lowest BCUT2D eigenvalue weighted by atomic mass is 10.2. The number of benzene rings is 1. The topological polar surface area (TPSA) is 34.4 Å². The first-order valence-corrected chi connectivity index (χ1v) is 7.25. The number of hydrogen-bond donors (Lipinski definition) is 1. The summed E-state index contributed by atoms with van der Waals surface area (Å²) >= 11 is 3.24. The van der Waals surface area contributed by atoms with Gasteiger partial charge in [-0.1, -0.05) is 22.9 Å². The van der Waals surface area contributed by atoms with Gasteiger partial charge >= 0.3 is 0 Å². The van der Waals surface area contributed by atoms with Gasteiger partial charge in [-0.15, -0.1) is 0 Å². The maximum absolute atomic E-state index is 13.2. The Morgan fingerprint density at radius 1 is 1.30 bits per heavy atom. The molecular formula is C15H17BrFNO2. The van der Waals surface area contributed by atoms with Crippen LogP contribution in [0.4, 0.5) is 4.39 Å². The summed E-state index contributed by atoms with van der Waals surface area (Å²) in [6.07, 6.45) is 0. The molecule has 5 heteroatoms. The first-order chi connectivity index (χ1) is 9.58. The van der Waals surface area contributed by atoms with Crippen LogP contribution in [-0.2, 0) is 13.2 Å². The molecule has 0 saturated carbocycles. The Labute approximate surface area is 126 Å². The van der Waals surface area contributed by atoms with E-state index in [0.29, 0.717) is 23.4 Å². The lowest BCUT2D eigenvalue weighted by molar-refractivity contribution is 0.301. The molecule has 108 valence electrons. The van der Waals surface area contributed by atoms with E-state index < -0.39 is 0 Å². The minimum Gasteiger partial charge on any atom is -0.489 e. The lowest BCUT2D eigenvalue weighted by Crippen LogP contribution is -2.10. The van der Waals surface area contributed by atoms with Gasteiger partial charge in [-0.3, -0.25) is 0 Å². The van der Waals surface area contributed by atoms with Gasteiger partial charge in [0.15, 0.2) is 0 Å². The summed E-state index contributed by atoms with van der Waals surface area (Å²) in [6, 6.07) is 6.45. The minimum absolute atomic E-state index is 0.328. The number of aryl methyl sites for hydroxylation is 1. The molecule has 0 bridgehead atoms. The van der Waals surface area contributed by atoms with E-state index in [0.717, 1.165) is 23.6 Å². The standard InChI is InChI=1S/C15H17BrFNO2/c1-3-18-8-15-4-11(10(2)20-15)9-19-14-6-12(16)5-13(17)7-14/h4-7,18H,3,8-9H2,1-2H3. The normalized spacial score (nSPS) is 10.8. The van der Waals surface area contributed by atoms with E-state index in [1.54, 1.807) is 6.07 Å². The fourth-order valence-electron chi connectivity index (χ4n) is 1.84. The van der Waals surface area contributed by atoms with Crippen LogP contribution in [-0.4, -0.2) is 6.54 Å². The number of nitrogens with one attached hydrogen (secondary N) is 1. The number of furan rings is 1. The van der Waals surface area contributed by atoms with Crippen LogP contribution in [0.15, 0.2) is 33.2 Å². The van der Waals surface area contributed by atoms with Gasteiger partial charge in [-0.25, -0.2) is 4.39 Å². The molecule has 1 aromatic carbocycles. The van der Waals surface area contributed by atoms with Crippen LogP contribution in [0.3, 0.4) is 0 Å². The highest BCUT2D eigenvalue weighted by atomic mass is 79.9. The van der Waals surface area contributed by atoms with E-state index in [2.05, 4.69) is 21.2 Å². The summed E-state index contributed by atoms with van der Waals surface area (Å²) in [5.41, 5.74) is 0.971. The van der Waals surface area contributed by atoms with Gasteiger partial charge < -0.3 is 14.5 Å². The van der Waals surface area contributed by atoms with E-state index in [-0.39, 0.29) is 5.82 Å². The fraction of sp³-hybridized carbons (Fsp3) is 0.333. The SMILES string of the molecule is CCNCc1cc(COc2cc(F)cc(Br)c2)c(C)o1. The van der Waals surface area contributed by atoms with E-state index in [4.69, 9.17) is 9.15 Å². The molecule has 3 nitrogen and oxygen atoms in total. The fourth-order valence-corrected chi connectivity index (χ4v) is 2.28. The van der Waals surface area contributed by atoms with Crippen molar-refractivity contribution in [2.24, 2.45) is 0 Å². The summed E-state index contributed by atoms with van der Waals surface area (Å²) in [4.78, 5) is 0. The Balaban J connectivity index is 2.01.